The van der Waals surface area contributed by atoms with Gasteiger partial charge in [-0.1, -0.05) is 24.6 Å². The largest absolute Gasteiger partial charge is 0.303 e. The SMILES string of the molecule is CCc1nccn1-c1ccc(C)cc1CCl. The maximum atomic E-state index is 5.98. The van der Waals surface area contributed by atoms with E-state index in [0.29, 0.717) is 5.88 Å². The zero-order valence-corrected chi connectivity index (χ0v) is 10.3. The minimum absolute atomic E-state index is 0.526. The minimum atomic E-state index is 0.526. The second kappa shape index (κ2) is 4.71. The summed E-state index contributed by atoms with van der Waals surface area (Å²) in [6, 6.07) is 6.33. The van der Waals surface area contributed by atoms with Crippen molar-refractivity contribution in [3.05, 3.63) is 47.5 Å². The van der Waals surface area contributed by atoms with Crippen LogP contribution in [0.5, 0.6) is 0 Å². The molecule has 0 amide bonds. The van der Waals surface area contributed by atoms with Crippen molar-refractivity contribution < 1.29 is 0 Å². The third-order valence-corrected chi connectivity index (χ3v) is 2.96. The number of hydrogen-bond acceptors (Lipinski definition) is 1. The fraction of sp³-hybridized carbons (Fsp3) is 0.308. The van der Waals surface area contributed by atoms with Gasteiger partial charge in [0.25, 0.3) is 0 Å². The number of hydrogen-bond donors (Lipinski definition) is 0. The predicted octanol–water partition coefficient (Wildman–Crippen LogP) is 3.48. The van der Waals surface area contributed by atoms with Gasteiger partial charge in [-0.2, -0.15) is 0 Å². The van der Waals surface area contributed by atoms with E-state index in [4.69, 9.17) is 11.6 Å². The monoisotopic (exact) mass is 234 g/mol. The van der Waals surface area contributed by atoms with Crippen LogP contribution in [-0.4, -0.2) is 9.55 Å². The zero-order valence-electron chi connectivity index (χ0n) is 9.57. The normalized spacial score (nSPS) is 10.7. The molecule has 0 spiro atoms. The van der Waals surface area contributed by atoms with E-state index in [1.54, 1.807) is 0 Å². The molecule has 0 fully saturated rings. The van der Waals surface area contributed by atoms with Crippen LogP contribution in [0.3, 0.4) is 0 Å². The van der Waals surface area contributed by atoms with Gasteiger partial charge in [-0.3, -0.25) is 0 Å². The number of benzene rings is 1. The molecule has 1 aromatic heterocycles. The molecule has 0 bridgehead atoms. The Hall–Kier alpha value is -1.28. The molecule has 1 aromatic carbocycles. The van der Waals surface area contributed by atoms with Gasteiger partial charge in [-0.15, -0.1) is 11.6 Å². The summed E-state index contributed by atoms with van der Waals surface area (Å²) >= 11 is 5.98. The molecule has 0 atom stereocenters. The van der Waals surface area contributed by atoms with Crippen molar-refractivity contribution in [3.8, 4) is 5.69 Å². The maximum Gasteiger partial charge on any atom is 0.112 e. The van der Waals surface area contributed by atoms with Crippen LogP contribution in [0.25, 0.3) is 5.69 Å². The van der Waals surface area contributed by atoms with Crippen molar-refractivity contribution in [1.82, 2.24) is 9.55 Å². The van der Waals surface area contributed by atoms with Gasteiger partial charge in [0.2, 0.25) is 0 Å². The lowest BCUT2D eigenvalue weighted by molar-refractivity contribution is 0.884. The number of aryl methyl sites for hydroxylation is 2. The first-order chi connectivity index (χ1) is 7.76. The molecule has 2 nitrogen and oxygen atoms in total. The highest BCUT2D eigenvalue weighted by Gasteiger charge is 2.07. The molecule has 0 saturated carbocycles. The van der Waals surface area contributed by atoms with Gasteiger partial charge in [0, 0.05) is 24.7 Å². The van der Waals surface area contributed by atoms with E-state index in [9.17, 15) is 0 Å². The van der Waals surface area contributed by atoms with Crippen molar-refractivity contribution in [2.75, 3.05) is 0 Å². The zero-order chi connectivity index (χ0) is 11.5. The second-order valence-electron chi connectivity index (χ2n) is 3.83. The molecule has 1 heterocycles. The van der Waals surface area contributed by atoms with E-state index in [0.717, 1.165) is 23.5 Å². The van der Waals surface area contributed by atoms with Gasteiger partial charge in [0.1, 0.15) is 5.82 Å². The number of rotatable bonds is 3. The van der Waals surface area contributed by atoms with Gasteiger partial charge < -0.3 is 4.57 Å². The average Bonchev–Trinajstić information content (AvgIpc) is 2.76. The number of aromatic nitrogens is 2. The summed E-state index contributed by atoms with van der Waals surface area (Å²) in [5, 5.41) is 0. The Bertz CT molecular complexity index is 488. The van der Waals surface area contributed by atoms with Gasteiger partial charge in [-0.05, 0) is 18.6 Å². The maximum absolute atomic E-state index is 5.98. The van der Waals surface area contributed by atoms with Crippen LogP contribution >= 0.6 is 11.6 Å². The molecule has 0 radical (unpaired) electrons. The van der Waals surface area contributed by atoms with E-state index in [-0.39, 0.29) is 0 Å². The van der Waals surface area contributed by atoms with E-state index < -0.39 is 0 Å². The molecule has 0 unspecified atom stereocenters. The Morgan fingerprint density at radius 3 is 2.88 bits per heavy atom. The molecule has 3 heteroatoms. The Kier molecular flexibility index (Phi) is 3.30. The number of alkyl halides is 1. The minimum Gasteiger partial charge on any atom is -0.303 e. The van der Waals surface area contributed by atoms with Crippen LogP contribution in [-0.2, 0) is 12.3 Å². The lowest BCUT2D eigenvalue weighted by atomic mass is 10.1. The van der Waals surface area contributed by atoms with Crippen molar-refractivity contribution in [2.24, 2.45) is 0 Å². The molecule has 84 valence electrons. The molecule has 16 heavy (non-hydrogen) atoms. The lowest BCUT2D eigenvalue weighted by Gasteiger charge is -2.11. The Morgan fingerprint density at radius 1 is 1.38 bits per heavy atom. The van der Waals surface area contributed by atoms with Gasteiger partial charge in [0.05, 0.1) is 5.69 Å². The third-order valence-electron chi connectivity index (χ3n) is 2.67. The summed E-state index contributed by atoms with van der Waals surface area (Å²) < 4.78 is 2.11. The highest BCUT2D eigenvalue weighted by Crippen LogP contribution is 2.20. The summed E-state index contributed by atoms with van der Waals surface area (Å²) in [5.74, 6) is 1.59. The van der Waals surface area contributed by atoms with Gasteiger partial charge in [-0.25, -0.2) is 4.98 Å². The smallest absolute Gasteiger partial charge is 0.112 e. The van der Waals surface area contributed by atoms with Crippen molar-refractivity contribution in [1.29, 1.82) is 0 Å². The van der Waals surface area contributed by atoms with Crippen LogP contribution in [0.1, 0.15) is 23.9 Å². The van der Waals surface area contributed by atoms with Crippen LogP contribution < -0.4 is 0 Å². The highest BCUT2D eigenvalue weighted by molar-refractivity contribution is 6.17. The van der Waals surface area contributed by atoms with E-state index >= 15 is 0 Å². The topological polar surface area (TPSA) is 17.8 Å². The third kappa shape index (κ3) is 1.98. The van der Waals surface area contributed by atoms with E-state index in [2.05, 4.69) is 41.6 Å². The van der Waals surface area contributed by atoms with Crippen molar-refractivity contribution >= 4 is 11.6 Å². The standard InChI is InChI=1S/C13H15ClN2/c1-3-13-15-6-7-16(13)12-5-4-10(2)8-11(12)9-14/h4-8H,3,9H2,1-2H3. The van der Waals surface area contributed by atoms with Crippen molar-refractivity contribution in [2.45, 2.75) is 26.1 Å². The number of halogens is 1. The fourth-order valence-corrected chi connectivity index (χ4v) is 2.09. The van der Waals surface area contributed by atoms with Gasteiger partial charge >= 0.3 is 0 Å². The summed E-state index contributed by atoms with van der Waals surface area (Å²) in [6.07, 6.45) is 4.73. The molecule has 0 aliphatic carbocycles. The van der Waals surface area contributed by atoms with Crippen LogP contribution in [0.2, 0.25) is 0 Å². The first-order valence-corrected chi connectivity index (χ1v) is 5.97. The fourth-order valence-electron chi connectivity index (χ4n) is 1.87. The molecule has 0 saturated heterocycles. The lowest BCUT2D eigenvalue weighted by Crippen LogP contribution is -2.02. The molecule has 0 N–H and O–H groups in total. The predicted molar refractivity (Wildman–Crippen MR) is 67.2 cm³/mol. The first-order valence-electron chi connectivity index (χ1n) is 5.44. The summed E-state index contributed by atoms with van der Waals surface area (Å²) in [7, 11) is 0. The average molecular weight is 235 g/mol. The summed E-state index contributed by atoms with van der Waals surface area (Å²) in [5.41, 5.74) is 3.52. The van der Waals surface area contributed by atoms with Crippen LogP contribution in [0.4, 0.5) is 0 Å². The summed E-state index contributed by atoms with van der Waals surface area (Å²) in [4.78, 5) is 4.33. The molecule has 0 aliphatic rings. The number of imidazole rings is 1. The van der Waals surface area contributed by atoms with Crippen LogP contribution in [0.15, 0.2) is 30.6 Å². The summed E-state index contributed by atoms with van der Waals surface area (Å²) in [6.45, 7) is 4.18. The number of nitrogens with zero attached hydrogens (tertiary/aromatic N) is 2. The van der Waals surface area contributed by atoms with E-state index in [1.807, 2.05) is 12.4 Å². The second-order valence-corrected chi connectivity index (χ2v) is 4.10. The molecule has 2 rings (SSSR count). The quantitative estimate of drug-likeness (QED) is 0.744. The molecule has 0 aliphatic heterocycles. The Labute approximate surface area is 101 Å². The Balaban J connectivity index is 2.55. The molecular weight excluding hydrogens is 220 g/mol. The van der Waals surface area contributed by atoms with Crippen molar-refractivity contribution in [3.63, 3.8) is 0 Å². The van der Waals surface area contributed by atoms with Crippen LogP contribution in [0, 0.1) is 6.92 Å². The first kappa shape index (κ1) is 11.2. The Morgan fingerprint density at radius 2 is 2.19 bits per heavy atom. The molecule has 2 aromatic rings. The van der Waals surface area contributed by atoms with Gasteiger partial charge in [0.15, 0.2) is 0 Å². The van der Waals surface area contributed by atoms with E-state index in [1.165, 1.54) is 5.56 Å². The molecular formula is C13H15ClN2. The highest BCUT2D eigenvalue weighted by atomic mass is 35.5.